The third-order valence-corrected chi connectivity index (χ3v) is 1.36. The molecular formula is C5H6NS. The van der Waals surface area contributed by atoms with Gasteiger partial charge in [-0.1, -0.05) is 0 Å². The molecule has 0 unspecified atom stereocenters. The van der Waals surface area contributed by atoms with Crippen molar-refractivity contribution < 1.29 is 0 Å². The summed E-state index contributed by atoms with van der Waals surface area (Å²) in [6, 6.07) is 4.86. The average Bonchev–Trinajstić information content (AvgIpc) is 2.14. The first kappa shape index (κ1) is 4.78. The summed E-state index contributed by atoms with van der Waals surface area (Å²) in [6.07, 6.45) is 3.88. The molecule has 0 bridgehead atoms. The predicted octanol–water partition coefficient (Wildman–Crippen LogP) is 1.54. The van der Waals surface area contributed by atoms with Crippen LogP contribution in [-0.2, 0) is 0 Å². The largest absolute Gasteiger partial charge is 0.356 e. The van der Waals surface area contributed by atoms with Crippen molar-refractivity contribution in [2.24, 2.45) is 0 Å². The minimum Gasteiger partial charge on any atom is -0.356 e. The molecule has 0 aromatic carbocycles. The zero-order valence-corrected chi connectivity index (χ0v) is 4.88. The topological polar surface area (TPSA) is 15.8 Å². The summed E-state index contributed by atoms with van der Waals surface area (Å²) in [6.45, 7) is 0. The van der Waals surface area contributed by atoms with Crippen molar-refractivity contribution in [1.29, 1.82) is 0 Å². The molecule has 1 N–H and O–H groups in total. The highest BCUT2D eigenvalue weighted by Crippen LogP contribution is 2.07. The molecule has 0 aliphatic carbocycles. The van der Waals surface area contributed by atoms with Gasteiger partial charge in [0.15, 0.2) is 0 Å². The normalized spacial score (nSPS) is 9.29. The Morgan fingerprint density at radius 1 is 1.86 bits per heavy atom. The lowest BCUT2D eigenvalue weighted by molar-refractivity contribution is 1.20. The molecule has 0 aliphatic rings. The first-order chi connectivity index (χ1) is 3.43. The van der Waals surface area contributed by atoms with E-state index in [4.69, 9.17) is 0 Å². The third kappa shape index (κ3) is 0.996. The van der Waals surface area contributed by atoms with Crippen LogP contribution < -0.4 is 0 Å². The molecule has 2 heteroatoms. The van der Waals surface area contributed by atoms with E-state index in [1.165, 1.54) is 0 Å². The van der Waals surface area contributed by atoms with Crippen molar-refractivity contribution in [3.8, 4) is 0 Å². The van der Waals surface area contributed by atoms with Gasteiger partial charge in [0.1, 0.15) is 0 Å². The molecule has 0 saturated carbocycles. The molecule has 0 saturated heterocycles. The van der Waals surface area contributed by atoms with Gasteiger partial charge in [-0.15, -0.1) is 11.8 Å². The van der Waals surface area contributed by atoms with Crippen LogP contribution in [0.5, 0.6) is 0 Å². The van der Waals surface area contributed by atoms with Crippen molar-refractivity contribution in [1.82, 2.24) is 4.98 Å². The standard InChI is InChI=1S/C5H6NS/c1-7-5-3-2-4-6-5/h2,4,6H,1H3. The molecule has 0 atom stereocenters. The maximum Gasteiger partial charge on any atom is 0.0799 e. The monoisotopic (exact) mass is 112 g/mol. The van der Waals surface area contributed by atoms with Crippen LogP contribution in [0, 0.1) is 6.07 Å². The molecule has 0 fully saturated rings. The van der Waals surface area contributed by atoms with E-state index < -0.39 is 0 Å². The van der Waals surface area contributed by atoms with E-state index >= 15 is 0 Å². The van der Waals surface area contributed by atoms with Gasteiger partial charge in [-0.3, -0.25) is 0 Å². The molecule has 1 heterocycles. The van der Waals surface area contributed by atoms with Crippen LogP contribution in [0.25, 0.3) is 0 Å². The Bertz CT molecular complexity index is 123. The molecule has 37 valence electrons. The van der Waals surface area contributed by atoms with Crippen LogP contribution in [0.2, 0.25) is 0 Å². The van der Waals surface area contributed by atoms with Crippen LogP contribution >= 0.6 is 11.8 Å². The molecular weight excluding hydrogens is 106 g/mol. The molecule has 1 rings (SSSR count). The smallest absolute Gasteiger partial charge is 0.0799 e. The lowest BCUT2D eigenvalue weighted by Gasteiger charge is -1.80. The summed E-state index contributed by atoms with van der Waals surface area (Å²) in [4.78, 5) is 2.99. The highest BCUT2D eigenvalue weighted by molar-refractivity contribution is 7.98. The fraction of sp³-hybridized carbons (Fsp3) is 0.200. The third-order valence-electron chi connectivity index (χ3n) is 0.716. The molecule has 7 heavy (non-hydrogen) atoms. The maximum atomic E-state index is 2.99. The summed E-state index contributed by atoms with van der Waals surface area (Å²) >= 11 is 1.66. The lowest BCUT2D eigenvalue weighted by Crippen LogP contribution is -1.60. The first-order valence-electron chi connectivity index (χ1n) is 2.02. The number of rotatable bonds is 1. The summed E-state index contributed by atoms with van der Waals surface area (Å²) in [5.74, 6) is 0. The molecule has 0 spiro atoms. The highest BCUT2D eigenvalue weighted by atomic mass is 32.2. The Kier molecular flexibility index (Phi) is 1.42. The van der Waals surface area contributed by atoms with E-state index in [0.29, 0.717) is 0 Å². The molecule has 1 aromatic heterocycles. The quantitative estimate of drug-likeness (QED) is 0.545. The van der Waals surface area contributed by atoms with Gasteiger partial charge < -0.3 is 4.98 Å². The Balaban J connectivity index is 2.76. The molecule has 0 aliphatic heterocycles. The van der Waals surface area contributed by atoms with E-state index in [-0.39, 0.29) is 0 Å². The number of hydrogen-bond donors (Lipinski definition) is 1. The van der Waals surface area contributed by atoms with Gasteiger partial charge in [0.05, 0.1) is 5.03 Å². The Morgan fingerprint density at radius 3 is 3.00 bits per heavy atom. The van der Waals surface area contributed by atoms with E-state index in [2.05, 4.69) is 11.1 Å². The second kappa shape index (κ2) is 2.07. The molecule has 1 aromatic rings. The number of nitrogens with one attached hydrogen (secondary N) is 1. The van der Waals surface area contributed by atoms with Gasteiger partial charge in [-0.2, -0.15) is 0 Å². The van der Waals surface area contributed by atoms with Gasteiger partial charge in [0, 0.05) is 12.3 Å². The van der Waals surface area contributed by atoms with E-state index in [0.717, 1.165) is 5.03 Å². The van der Waals surface area contributed by atoms with Crippen LogP contribution in [0.1, 0.15) is 0 Å². The van der Waals surface area contributed by atoms with Gasteiger partial charge in [-0.05, 0) is 12.3 Å². The fourth-order valence-electron chi connectivity index (χ4n) is 0.394. The SMILES string of the molecule is CSc1[c]cc[nH]1. The highest BCUT2D eigenvalue weighted by Gasteiger charge is 1.82. The van der Waals surface area contributed by atoms with Crippen molar-refractivity contribution >= 4 is 11.8 Å². The van der Waals surface area contributed by atoms with Gasteiger partial charge in [0.2, 0.25) is 0 Å². The second-order valence-electron chi connectivity index (χ2n) is 1.16. The van der Waals surface area contributed by atoms with Crippen molar-refractivity contribution in [3.63, 3.8) is 0 Å². The number of H-pyrrole nitrogens is 1. The van der Waals surface area contributed by atoms with Crippen LogP contribution in [-0.4, -0.2) is 11.2 Å². The van der Waals surface area contributed by atoms with Crippen molar-refractivity contribution in [2.75, 3.05) is 6.26 Å². The maximum absolute atomic E-state index is 2.99. The van der Waals surface area contributed by atoms with Gasteiger partial charge in [-0.25, -0.2) is 0 Å². The summed E-state index contributed by atoms with van der Waals surface area (Å²) < 4.78 is 0. The first-order valence-corrected chi connectivity index (χ1v) is 3.25. The van der Waals surface area contributed by atoms with Crippen molar-refractivity contribution in [3.05, 3.63) is 18.3 Å². The van der Waals surface area contributed by atoms with Crippen LogP contribution in [0.3, 0.4) is 0 Å². The minimum absolute atomic E-state index is 1.10. The van der Waals surface area contributed by atoms with Crippen LogP contribution in [0.4, 0.5) is 0 Å². The zero-order chi connectivity index (χ0) is 5.11. The molecule has 1 radical (unpaired) electrons. The fourth-order valence-corrected chi connectivity index (χ4v) is 0.766. The number of aromatic nitrogens is 1. The van der Waals surface area contributed by atoms with Crippen LogP contribution in [0.15, 0.2) is 17.3 Å². The number of thioether (sulfide) groups is 1. The summed E-state index contributed by atoms with van der Waals surface area (Å²) in [7, 11) is 0. The summed E-state index contributed by atoms with van der Waals surface area (Å²) in [5, 5.41) is 1.10. The van der Waals surface area contributed by atoms with E-state index in [1.54, 1.807) is 11.8 Å². The second-order valence-corrected chi connectivity index (χ2v) is 1.97. The van der Waals surface area contributed by atoms with Crippen molar-refractivity contribution in [2.45, 2.75) is 5.03 Å². The Labute approximate surface area is 47.1 Å². The summed E-state index contributed by atoms with van der Waals surface area (Å²) in [5.41, 5.74) is 0. The van der Waals surface area contributed by atoms with E-state index in [1.807, 2.05) is 18.5 Å². The van der Waals surface area contributed by atoms with Gasteiger partial charge >= 0.3 is 0 Å². The minimum atomic E-state index is 1.10. The Hall–Kier alpha value is -0.370. The van der Waals surface area contributed by atoms with E-state index in [9.17, 15) is 0 Å². The van der Waals surface area contributed by atoms with Gasteiger partial charge in [0.25, 0.3) is 0 Å². The zero-order valence-electron chi connectivity index (χ0n) is 4.06. The number of hydrogen-bond acceptors (Lipinski definition) is 1. The number of aromatic amines is 1. The average molecular weight is 112 g/mol. The Morgan fingerprint density at radius 2 is 2.71 bits per heavy atom. The molecule has 0 amide bonds. The predicted molar refractivity (Wildman–Crippen MR) is 31.4 cm³/mol. The molecule has 1 nitrogen and oxygen atoms in total. The lowest BCUT2D eigenvalue weighted by atomic mass is 10.7.